The van der Waals surface area contributed by atoms with Crippen molar-refractivity contribution in [2.45, 2.75) is 25.3 Å². The van der Waals surface area contributed by atoms with Crippen LogP contribution in [0.1, 0.15) is 43.4 Å². The first kappa shape index (κ1) is 26.8. The van der Waals surface area contributed by atoms with Crippen molar-refractivity contribution in [2.24, 2.45) is 0 Å². The third kappa shape index (κ3) is 5.36. The van der Waals surface area contributed by atoms with Gasteiger partial charge in [0.25, 0.3) is 5.91 Å². The molecule has 40 heavy (non-hydrogen) atoms. The van der Waals surface area contributed by atoms with Crippen LogP contribution in [0.25, 0.3) is 11.1 Å². The molecule has 11 heteroatoms. The first-order valence-corrected chi connectivity index (χ1v) is 12.2. The lowest BCUT2D eigenvalue weighted by Crippen LogP contribution is -2.25. The average Bonchev–Trinajstić information content (AvgIpc) is 3.61. The molecule has 204 valence electrons. The van der Waals surface area contributed by atoms with Gasteiger partial charge in [0, 0.05) is 35.8 Å². The average molecular weight is 549 g/mol. The zero-order chi connectivity index (χ0) is 28.4. The number of carbonyl (C=O) groups excluding carboxylic acids is 3. The van der Waals surface area contributed by atoms with Crippen molar-refractivity contribution in [3.8, 4) is 11.1 Å². The molecule has 0 spiro atoms. The summed E-state index contributed by atoms with van der Waals surface area (Å²) in [6.07, 6.45) is -1.23. The van der Waals surface area contributed by atoms with Gasteiger partial charge in [-0.1, -0.05) is 24.3 Å². The second-order valence-corrected chi connectivity index (χ2v) is 9.15. The number of carbonyl (C=O) groups is 3. The first-order chi connectivity index (χ1) is 19.2. The molecular formula is C29H23F3N4O4. The van der Waals surface area contributed by atoms with Crippen molar-refractivity contribution < 1.29 is 32.3 Å². The summed E-state index contributed by atoms with van der Waals surface area (Å²) >= 11 is 0. The third-order valence-corrected chi connectivity index (χ3v) is 6.62. The first-order valence-electron chi connectivity index (χ1n) is 12.2. The molecule has 3 aromatic carbocycles. The van der Waals surface area contributed by atoms with E-state index in [0.717, 1.165) is 23.3 Å². The van der Waals surface area contributed by atoms with Crippen LogP contribution in [0.4, 0.5) is 18.9 Å². The van der Waals surface area contributed by atoms with Gasteiger partial charge in [-0.2, -0.15) is 18.3 Å². The van der Waals surface area contributed by atoms with Gasteiger partial charge in [0.1, 0.15) is 6.54 Å². The van der Waals surface area contributed by atoms with Gasteiger partial charge in [0.05, 0.1) is 24.3 Å². The van der Waals surface area contributed by atoms with E-state index in [0.29, 0.717) is 12.2 Å². The summed E-state index contributed by atoms with van der Waals surface area (Å²) < 4.78 is 45.7. The van der Waals surface area contributed by atoms with E-state index in [1.165, 1.54) is 37.4 Å². The molecule has 2 N–H and O–H groups in total. The van der Waals surface area contributed by atoms with Crippen molar-refractivity contribution in [3.63, 3.8) is 0 Å². The van der Waals surface area contributed by atoms with Crippen molar-refractivity contribution in [1.29, 1.82) is 0 Å². The van der Waals surface area contributed by atoms with Gasteiger partial charge in [-0.15, -0.1) is 0 Å². The Labute approximate surface area is 226 Å². The van der Waals surface area contributed by atoms with E-state index in [1.807, 2.05) is 0 Å². The molecule has 1 unspecified atom stereocenters. The maximum Gasteiger partial charge on any atom is 0.416 e. The van der Waals surface area contributed by atoms with Gasteiger partial charge in [-0.3, -0.25) is 19.6 Å². The molecule has 5 rings (SSSR count). The van der Waals surface area contributed by atoms with Crippen molar-refractivity contribution in [2.75, 3.05) is 12.4 Å². The summed E-state index contributed by atoms with van der Waals surface area (Å²) in [7, 11) is 1.18. The molecular weight excluding hydrogens is 525 g/mol. The minimum atomic E-state index is -4.54. The molecule has 1 atom stereocenters. The van der Waals surface area contributed by atoms with Gasteiger partial charge in [-0.25, -0.2) is 4.79 Å². The van der Waals surface area contributed by atoms with E-state index in [-0.39, 0.29) is 34.6 Å². The predicted molar refractivity (Wildman–Crippen MR) is 139 cm³/mol. The number of anilines is 1. The number of hydrogen-bond donors (Lipinski definition) is 2. The van der Waals surface area contributed by atoms with E-state index in [9.17, 15) is 27.6 Å². The molecule has 0 fully saturated rings. The SMILES string of the molecule is COC(=O)c1cccc(C(=O)Nc2ccc3c(c2)CNC3C(=O)Cn2cccn2)c1-c1ccc(C(F)(F)F)cc1. The number of methoxy groups -OCH3 is 1. The molecule has 1 amide bonds. The summed E-state index contributed by atoms with van der Waals surface area (Å²) in [4.78, 5) is 38.7. The maximum absolute atomic E-state index is 13.4. The van der Waals surface area contributed by atoms with Crippen molar-refractivity contribution >= 4 is 23.3 Å². The number of Topliss-reactive ketones (excluding diaryl/α,β-unsaturated/α-hetero) is 1. The second-order valence-electron chi connectivity index (χ2n) is 9.15. The number of ether oxygens (including phenoxy) is 1. The van der Waals surface area contributed by atoms with Gasteiger partial charge >= 0.3 is 12.1 Å². The van der Waals surface area contributed by atoms with Crippen LogP contribution in [0.5, 0.6) is 0 Å². The molecule has 1 aliphatic rings. The lowest BCUT2D eigenvalue weighted by atomic mass is 9.93. The molecule has 8 nitrogen and oxygen atoms in total. The zero-order valence-electron chi connectivity index (χ0n) is 21.2. The number of aromatic nitrogens is 2. The van der Waals surface area contributed by atoms with Gasteiger partial charge in [0.15, 0.2) is 5.78 Å². The van der Waals surface area contributed by atoms with E-state index in [2.05, 4.69) is 15.7 Å². The monoisotopic (exact) mass is 548 g/mol. The number of rotatable bonds is 7. The number of nitrogens with zero attached hydrogens (tertiary/aromatic N) is 2. The van der Waals surface area contributed by atoms with E-state index in [4.69, 9.17) is 4.74 Å². The Morgan fingerprint density at radius 2 is 1.80 bits per heavy atom. The van der Waals surface area contributed by atoms with Crippen molar-refractivity contribution in [3.05, 3.63) is 107 Å². The van der Waals surface area contributed by atoms with Crippen LogP contribution < -0.4 is 10.6 Å². The third-order valence-electron chi connectivity index (χ3n) is 6.62. The van der Waals surface area contributed by atoms with Crippen LogP contribution in [0.15, 0.2) is 79.1 Å². The number of esters is 1. The van der Waals surface area contributed by atoms with E-state index >= 15 is 0 Å². The maximum atomic E-state index is 13.4. The Hall–Kier alpha value is -4.77. The fraction of sp³-hybridized carbons (Fsp3) is 0.172. The molecule has 0 saturated carbocycles. The minimum absolute atomic E-state index is 0.0339. The quantitative estimate of drug-likeness (QED) is 0.315. The summed E-state index contributed by atoms with van der Waals surface area (Å²) in [6, 6.07) is 15.0. The largest absolute Gasteiger partial charge is 0.465 e. The minimum Gasteiger partial charge on any atom is -0.465 e. The molecule has 1 aliphatic heterocycles. The number of benzene rings is 3. The lowest BCUT2D eigenvalue weighted by molar-refractivity contribution is -0.137. The molecule has 0 aliphatic carbocycles. The highest BCUT2D eigenvalue weighted by molar-refractivity contribution is 6.12. The van der Waals surface area contributed by atoms with Crippen LogP contribution >= 0.6 is 0 Å². The number of fused-ring (bicyclic) bond motifs is 1. The van der Waals surface area contributed by atoms with Gasteiger partial charge < -0.3 is 10.1 Å². The predicted octanol–water partition coefficient (Wildman–Crippen LogP) is 5.02. The molecule has 0 saturated heterocycles. The zero-order valence-corrected chi connectivity index (χ0v) is 21.2. The van der Waals surface area contributed by atoms with Gasteiger partial charge in [0.2, 0.25) is 0 Å². The lowest BCUT2D eigenvalue weighted by Gasteiger charge is -2.16. The van der Waals surface area contributed by atoms with E-state index in [1.54, 1.807) is 41.3 Å². The van der Waals surface area contributed by atoms with Crippen LogP contribution in [-0.4, -0.2) is 34.6 Å². The number of alkyl halides is 3. The Morgan fingerprint density at radius 1 is 1.05 bits per heavy atom. The van der Waals surface area contributed by atoms with Crippen LogP contribution in [0, 0.1) is 0 Å². The molecule has 1 aromatic heterocycles. The smallest absolute Gasteiger partial charge is 0.416 e. The van der Waals surface area contributed by atoms with E-state index < -0.39 is 29.7 Å². The highest BCUT2D eigenvalue weighted by atomic mass is 19.4. The number of hydrogen-bond acceptors (Lipinski definition) is 6. The molecule has 0 radical (unpaired) electrons. The van der Waals surface area contributed by atoms with Crippen LogP contribution in [0.2, 0.25) is 0 Å². The fourth-order valence-corrected chi connectivity index (χ4v) is 4.73. The highest BCUT2D eigenvalue weighted by Crippen LogP contribution is 2.34. The number of ketones is 1. The summed E-state index contributed by atoms with van der Waals surface area (Å²) in [5.41, 5.74) is 1.73. The Bertz CT molecular complexity index is 1580. The van der Waals surface area contributed by atoms with Gasteiger partial charge in [-0.05, 0) is 59.2 Å². The number of amides is 1. The molecule has 4 aromatic rings. The number of halogens is 3. The summed E-state index contributed by atoms with van der Waals surface area (Å²) in [6.45, 7) is 0.537. The topological polar surface area (TPSA) is 102 Å². The Kier molecular flexibility index (Phi) is 7.22. The van der Waals surface area contributed by atoms with Crippen LogP contribution in [-0.2, 0) is 28.8 Å². The summed E-state index contributed by atoms with van der Waals surface area (Å²) in [5, 5.41) is 10.1. The normalized spacial score (nSPS) is 14.4. The van der Waals surface area contributed by atoms with Crippen LogP contribution in [0.3, 0.4) is 0 Å². The number of nitrogens with one attached hydrogen (secondary N) is 2. The highest BCUT2D eigenvalue weighted by Gasteiger charge is 2.31. The summed E-state index contributed by atoms with van der Waals surface area (Å²) in [5.74, 6) is -1.36. The van der Waals surface area contributed by atoms with Crippen molar-refractivity contribution in [1.82, 2.24) is 15.1 Å². The standard InChI is InChI=1S/C29H23F3N4O4/c1-40-28(39)23-5-2-4-22(25(23)17-6-8-19(9-7-17)29(30,31)32)27(38)35-20-10-11-21-18(14-20)15-33-26(21)24(37)16-36-13-3-12-34-36/h2-14,26,33H,15-16H2,1H3,(H,35,38). The Balaban J connectivity index is 1.42. The molecule has 0 bridgehead atoms. The fourth-order valence-electron chi connectivity index (χ4n) is 4.73. The Morgan fingerprint density at radius 3 is 2.48 bits per heavy atom. The second kappa shape index (κ2) is 10.8. The molecule has 2 heterocycles.